The molecule has 0 fully saturated rings. The maximum Gasteiger partial charge on any atom is 0.212 e. The predicted molar refractivity (Wildman–Crippen MR) is 70.3 cm³/mol. The van der Waals surface area contributed by atoms with Crippen LogP contribution >= 0.6 is 23.2 Å². The van der Waals surface area contributed by atoms with Crippen LogP contribution in [0.25, 0.3) is 0 Å². The van der Waals surface area contributed by atoms with E-state index in [2.05, 4.69) is 10.1 Å². The summed E-state index contributed by atoms with van der Waals surface area (Å²) in [6.45, 7) is 3.86. The van der Waals surface area contributed by atoms with Gasteiger partial charge in [-0.2, -0.15) is 5.10 Å². The Bertz CT molecular complexity index is 593. The Kier molecular flexibility index (Phi) is 3.68. The average molecular weight is 284 g/mol. The fourth-order valence-corrected chi connectivity index (χ4v) is 2.02. The van der Waals surface area contributed by atoms with Crippen LogP contribution in [-0.4, -0.2) is 20.5 Å². The summed E-state index contributed by atoms with van der Waals surface area (Å²) < 4.78 is 1.60. The maximum absolute atomic E-state index is 12.4. The van der Waals surface area contributed by atoms with Gasteiger partial charge in [0, 0.05) is 17.8 Å². The quantitative estimate of drug-likeness (QED) is 0.641. The average Bonchev–Trinajstić information content (AvgIpc) is 2.70. The molecule has 2 aromatic heterocycles. The standard InChI is InChI=1S/C12H11Cl2N3O/c1-7(2)17-11(9(13)6-16-17)12(18)8-3-4-15-10(14)5-8/h3-7H,1-2H3. The number of carbonyl (C=O) groups is 1. The fourth-order valence-electron chi connectivity index (χ4n) is 1.63. The Morgan fingerprint density at radius 2 is 2.11 bits per heavy atom. The molecule has 0 aliphatic rings. The Labute approximate surface area is 115 Å². The highest BCUT2D eigenvalue weighted by Gasteiger charge is 2.20. The minimum absolute atomic E-state index is 0.0498. The van der Waals surface area contributed by atoms with Crippen LogP contribution in [0.4, 0.5) is 0 Å². The minimum atomic E-state index is -0.212. The topological polar surface area (TPSA) is 47.8 Å². The lowest BCUT2D eigenvalue weighted by Gasteiger charge is -2.10. The highest BCUT2D eigenvalue weighted by molar-refractivity contribution is 6.35. The van der Waals surface area contributed by atoms with Crippen molar-refractivity contribution in [1.29, 1.82) is 0 Å². The summed E-state index contributed by atoms with van der Waals surface area (Å²) in [6, 6.07) is 3.16. The molecule has 0 radical (unpaired) electrons. The summed E-state index contributed by atoms with van der Waals surface area (Å²) in [4.78, 5) is 16.2. The SMILES string of the molecule is CC(C)n1ncc(Cl)c1C(=O)c1ccnc(Cl)c1. The number of aromatic nitrogens is 3. The first-order valence-corrected chi connectivity index (χ1v) is 6.15. The Hall–Kier alpha value is -1.39. The molecule has 0 bridgehead atoms. The van der Waals surface area contributed by atoms with Crippen LogP contribution in [0.15, 0.2) is 24.5 Å². The first-order valence-electron chi connectivity index (χ1n) is 5.40. The summed E-state index contributed by atoms with van der Waals surface area (Å²) >= 11 is 11.8. The number of hydrogen-bond acceptors (Lipinski definition) is 3. The normalized spacial score (nSPS) is 10.9. The number of hydrogen-bond donors (Lipinski definition) is 0. The van der Waals surface area contributed by atoms with Gasteiger partial charge < -0.3 is 0 Å². The van der Waals surface area contributed by atoms with Crippen molar-refractivity contribution >= 4 is 29.0 Å². The lowest BCUT2D eigenvalue weighted by molar-refractivity contribution is 0.102. The first kappa shape index (κ1) is 13.1. The van der Waals surface area contributed by atoms with E-state index in [0.717, 1.165) is 0 Å². The van der Waals surface area contributed by atoms with Crippen LogP contribution < -0.4 is 0 Å². The van der Waals surface area contributed by atoms with Gasteiger partial charge in [-0.3, -0.25) is 9.48 Å². The summed E-state index contributed by atoms with van der Waals surface area (Å²) in [6.07, 6.45) is 2.96. The maximum atomic E-state index is 12.4. The van der Waals surface area contributed by atoms with Gasteiger partial charge in [0.05, 0.1) is 11.2 Å². The van der Waals surface area contributed by atoms with Gasteiger partial charge >= 0.3 is 0 Å². The molecule has 0 spiro atoms. The van der Waals surface area contributed by atoms with Crippen LogP contribution in [0.1, 0.15) is 35.9 Å². The van der Waals surface area contributed by atoms with E-state index in [4.69, 9.17) is 23.2 Å². The van der Waals surface area contributed by atoms with Crippen molar-refractivity contribution in [2.45, 2.75) is 19.9 Å². The Morgan fingerprint density at radius 1 is 1.39 bits per heavy atom. The molecule has 2 aromatic rings. The summed E-state index contributed by atoms with van der Waals surface area (Å²) in [5.41, 5.74) is 0.813. The molecular formula is C12H11Cl2N3O. The van der Waals surface area contributed by atoms with Crippen molar-refractivity contribution < 1.29 is 4.79 Å². The second-order valence-electron chi connectivity index (χ2n) is 4.08. The van der Waals surface area contributed by atoms with Crippen LogP contribution in [0.2, 0.25) is 10.2 Å². The molecule has 0 saturated heterocycles. The molecule has 0 aromatic carbocycles. The van der Waals surface area contributed by atoms with Gasteiger partial charge in [-0.15, -0.1) is 0 Å². The third kappa shape index (κ3) is 2.40. The van der Waals surface area contributed by atoms with E-state index in [1.165, 1.54) is 18.5 Å². The molecule has 6 heteroatoms. The van der Waals surface area contributed by atoms with Crippen molar-refractivity contribution in [2.75, 3.05) is 0 Å². The minimum Gasteiger partial charge on any atom is -0.287 e. The summed E-state index contributed by atoms with van der Waals surface area (Å²) in [7, 11) is 0. The van der Waals surface area contributed by atoms with Crippen LogP contribution in [0.5, 0.6) is 0 Å². The molecule has 4 nitrogen and oxygen atoms in total. The van der Waals surface area contributed by atoms with Crippen LogP contribution in [-0.2, 0) is 0 Å². The van der Waals surface area contributed by atoms with E-state index >= 15 is 0 Å². The van der Waals surface area contributed by atoms with Crippen LogP contribution in [0, 0.1) is 0 Å². The molecule has 0 atom stereocenters. The van der Waals surface area contributed by atoms with Gasteiger partial charge in [-0.1, -0.05) is 23.2 Å². The zero-order chi connectivity index (χ0) is 13.3. The highest BCUT2D eigenvalue weighted by atomic mass is 35.5. The van der Waals surface area contributed by atoms with Gasteiger partial charge in [0.25, 0.3) is 0 Å². The van der Waals surface area contributed by atoms with Crippen molar-refractivity contribution in [2.24, 2.45) is 0 Å². The number of nitrogens with zero attached hydrogens (tertiary/aromatic N) is 3. The lowest BCUT2D eigenvalue weighted by atomic mass is 10.1. The van der Waals surface area contributed by atoms with Gasteiger partial charge in [-0.05, 0) is 26.0 Å². The molecule has 0 aliphatic heterocycles. The monoisotopic (exact) mass is 283 g/mol. The molecule has 2 heterocycles. The number of pyridine rings is 1. The highest BCUT2D eigenvalue weighted by Crippen LogP contribution is 2.22. The fraction of sp³-hybridized carbons (Fsp3) is 0.250. The van der Waals surface area contributed by atoms with Crippen molar-refractivity contribution in [3.05, 3.63) is 46.0 Å². The summed E-state index contributed by atoms with van der Waals surface area (Å²) in [5, 5.41) is 4.71. The second kappa shape index (κ2) is 5.08. The van der Waals surface area contributed by atoms with E-state index in [-0.39, 0.29) is 17.0 Å². The van der Waals surface area contributed by atoms with Crippen molar-refractivity contribution in [3.63, 3.8) is 0 Å². The van der Waals surface area contributed by atoms with Gasteiger partial charge in [0.2, 0.25) is 5.78 Å². The molecule has 94 valence electrons. The van der Waals surface area contributed by atoms with E-state index in [9.17, 15) is 4.79 Å². The molecule has 0 amide bonds. The van der Waals surface area contributed by atoms with Crippen LogP contribution in [0.3, 0.4) is 0 Å². The Morgan fingerprint density at radius 3 is 2.72 bits per heavy atom. The van der Waals surface area contributed by atoms with Gasteiger partial charge in [-0.25, -0.2) is 4.98 Å². The molecule has 0 saturated carbocycles. The molecular weight excluding hydrogens is 273 g/mol. The number of ketones is 1. The number of halogens is 2. The number of rotatable bonds is 3. The summed E-state index contributed by atoms with van der Waals surface area (Å²) in [5.74, 6) is -0.212. The number of carbonyl (C=O) groups excluding carboxylic acids is 1. The molecule has 0 N–H and O–H groups in total. The first-order chi connectivity index (χ1) is 8.50. The lowest BCUT2D eigenvalue weighted by Crippen LogP contribution is -2.14. The van der Waals surface area contributed by atoms with Gasteiger partial charge in [0.15, 0.2) is 0 Å². The van der Waals surface area contributed by atoms with E-state index < -0.39 is 0 Å². The van der Waals surface area contributed by atoms with Gasteiger partial charge in [0.1, 0.15) is 10.8 Å². The third-order valence-corrected chi connectivity index (χ3v) is 2.93. The molecule has 0 unspecified atom stereocenters. The molecule has 2 rings (SSSR count). The largest absolute Gasteiger partial charge is 0.287 e. The second-order valence-corrected chi connectivity index (χ2v) is 4.87. The third-order valence-electron chi connectivity index (χ3n) is 2.44. The Balaban J connectivity index is 2.49. The zero-order valence-electron chi connectivity index (χ0n) is 9.89. The van der Waals surface area contributed by atoms with E-state index in [0.29, 0.717) is 16.3 Å². The van der Waals surface area contributed by atoms with Crippen molar-refractivity contribution in [1.82, 2.24) is 14.8 Å². The van der Waals surface area contributed by atoms with E-state index in [1.807, 2.05) is 13.8 Å². The molecule has 18 heavy (non-hydrogen) atoms. The van der Waals surface area contributed by atoms with Crippen molar-refractivity contribution in [3.8, 4) is 0 Å². The van der Waals surface area contributed by atoms with E-state index in [1.54, 1.807) is 10.7 Å². The predicted octanol–water partition coefficient (Wildman–Crippen LogP) is 3.40. The molecule has 0 aliphatic carbocycles. The smallest absolute Gasteiger partial charge is 0.212 e. The zero-order valence-corrected chi connectivity index (χ0v) is 11.4.